The van der Waals surface area contributed by atoms with E-state index in [0.717, 1.165) is 63.8 Å². The molecule has 0 saturated carbocycles. The lowest BCUT2D eigenvalue weighted by Crippen LogP contribution is -2.44. The van der Waals surface area contributed by atoms with Crippen LogP contribution >= 0.6 is 0 Å². The molecule has 0 radical (unpaired) electrons. The number of carbonyl (C=O) groups is 2. The van der Waals surface area contributed by atoms with Crippen LogP contribution in [0.1, 0.15) is 43.0 Å². The Morgan fingerprint density at radius 3 is 2.52 bits per heavy atom. The molecule has 1 saturated heterocycles. The van der Waals surface area contributed by atoms with E-state index in [4.69, 9.17) is 4.74 Å². The number of nitrogens with one attached hydrogen (secondary N) is 1. The van der Waals surface area contributed by atoms with Crippen LogP contribution in [-0.4, -0.2) is 93.1 Å². The minimum atomic E-state index is -0.657. The Hall–Kier alpha value is -5.06. The summed E-state index contributed by atoms with van der Waals surface area (Å²) in [6, 6.07) is 20.2. The number of amides is 1. The van der Waals surface area contributed by atoms with Crippen LogP contribution in [0, 0.1) is 5.41 Å². The first-order valence-electron chi connectivity index (χ1n) is 17.5. The Kier molecular flexibility index (Phi) is 9.91. The van der Waals surface area contributed by atoms with Crippen molar-refractivity contribution in [1.29, 1.82) is 0 Å². The van der Waals surface area contributed by atoms with Crippen molar-refractivity contribution in [3.8, 4) is 22.6 Å². The summed E-state index contributed by atoms with van der Waals surface area (Å²) in [5.74, 6) is 0.940. The van der Waals surface area contributed by atoms with Gasteiger partial charge in [0.2, 0.25) is 5.91 Å². The van der Waals surface area contributed by atoms with E-state index in [1.807, 2.05) is 47.5 Å². The predicted molar refractivity (Wildman–Crippen MR) is 194 cm³/mol. The molecule has 2 aliphatic rings. The molecule has 50 heavy (non-hydrogen) atoms. The third-order valence-electron chi connectivity index (χ3n) is 10.0. The van der Waals surface area contributed by atoms with Crippen LogP contribution in [0.25, 0.3) is 39.1 Å². The van der Waals surface area contributed by atoms with Crippen molar-refractivity contribution < 1.29 is 14.3 Å². The summed E-state index contributed by atoms with van der Waals surface area (Å²) in [6.07, 6.45) is 11.2. The number of benzene rings is 2. The zero-order valence-electron chi connectivity index (χ0n) is 28.8. The van der Waals surface area contributed by atoms with Gasteiger partial charge in [-0.15, -0.1) is 0 Å². The van der Waals surface area contributed by atoms with Crippen LogP contribution in [0.4, 0.5) is 0 Å². The number of likely N-dealkylation sites (tertiary alicyclic amines) is 1. The lowest BCUT2D eigenvalue weighted by Gasteiger charge is -2.30. The highest BCUT2D eigenvalue weighted by atomic mass is 16.5. The van der Waals surface area contributed by atoms with Gasteiger partial charge >= 0.3 is 0 Å². The summed E-state index contributed by atoms with van der Waals surface area (Å²) in [5.41, 5.74) is 7.50. The Bertz CT molecular complexity index is 2010. The monoisotopic (exact) mass is 669 g/mol. The zero-order chi connectivity index (χ0) is 34.5. The highest BCUT2D eigenvalue weighted by Gasteiger charge is 2.44. The molecular weight excluding hydrogens is 626 g/mol. The number of aryl methyl sites for hydroxylation is 1. The van der Waals surface area contributed by atoms with E-state index in [0.29, 0.717) is 58.0 Å². The van der Waals surface area contributed by atoms with E-state index in [1.165, 1.54) is 5.57 Å². The summed E-state index contributed by atoms with van der Waals surface area (Å²) < 4.78 is 5.63. The maximum Gasteiger partial charge on any atom is 0.237 e. The molecule has 1 amide bonds. The number of rotatable bonds is 12. The first kappa shape index (κ1) is 33.4. The molecule has 3 aromatic heterocycles. The summed E-state index contributed by atoms with van der Waals surface area (Å²) in [7, 11) is 1.65. The van der Waals surface area contributed by atoms with E-state index < -0.39 is 5.41 Å². The number of hydrogen-bond acceptors (Lipinski definition) is 8. The number of hydrogen-bond donors (Lipinski definition) is 1. The SMILES string of the molecule is CCCc1cc(-c2n[nH]c3ccc(CC(=O)[C@]4(COC)CCN(CC(=O)N5CC=C(c6ccc(-c7ncccn7)cc6)CC5)C4)cc23)ccn1. The van der Waals surface area contributed by atoms with Crippen LogP contribution in [0.5, 0.6) is 0 Å². The van der Waals surface area contributed by atoms with Gasteiger partial charge in [0.05, 0.1) is 24.1 Å². The molecule has 1 fully saturated rings. The van der Waals surface area contributed by atoms with Crippen molar-refractivity contribution >= 4 is 28.2 Å². The Balaban J connectivity index is 0.977. The molecular formula is C40H43N7O3. The highest BCUT2D eigenvalue weighted by Crippen LogP contribution is 2.35. The van der Waals surface area contributed by atoms with E-state index in [-0.39, 0.29) is 11.7 Å². The first-order valence-corrected chi connectivity index (χ1v) is 17.5. The molecule has 256 valence electrons. The van der Waals surface area contributed by atoms with Crippen LogP contribution in [0.3, 0.4) is 0 Å². The van der Waals surface area contributed by atoms with E-state index >= 15 is 0 Å². The maximum absolute atomic E-state index is 14.0. The van der Waals surface area contributed by atoms with Gasteiger partial charge in [-0.2, -0.15) is 5.10 Å². The second kappa shape index (κ2) is 14.8. The number of ketones is 1. The lowest BCUT2D eigenvalue weighted by atomic mass is 9.80. The van der Waals surface area contributed by atoms with Crippen LogP contribution in [0.2, 0.25) is 0 Å². The van der Waals surface area contributed by atoms with Crippen molar-refractivity contribution in [3.63, 3.8) is 0 Å². The number of ether oxygens (including phenoxy) is 1. The quantitative estimate of drug-likeness (QED) is 0.177. The second-order valence-corrected chi connectivity index (χ2v) is 13.5. The fraction of sp³-hybridized carbons (Fsp3) is 0.350. The van der Waals surface area contributed by atoms with Crippen molar-refractivity contribution in [2.24, 2.45) is 5.41 Å². The standard InChI is InChI=1S/C40H43N7O3/c1-3-5-33-24-32(12-18-41-33)38-34-22-28(6-11-35(34)44-45-38)23-36(48)40(27-50-2)15-21-46(26-40)25-37(49)47-19-13-30(14-20-47)29-7-9-31(10-8-29)39-42-16-4-17-43-39/h4,6-13,16-18,22,24H,3,5,14-15,19-21,23,25-27H2,1-2H3,(H,44,45)/t40-/m1/s1. The molecule has 0 unspecified atom stereocenters. The zero-order valence-corrected chi connectivity index (χ0v) is 28.8. The number of pyridine rings is 1. The first-order chi connectivity index (χ1) is 24.4. The van der Waals surface area contributed by atoms with Gasteiger partial charge in [-0.05, 0) is 72.8 Å². The van der Waals surface area contributed by atoms with Gasteiger partial charge < -0.3 is 9.64 Å². The molecule has 5 aromatic rings. The number of nitrogens with zero attached hydrogens (tertiary/aromatic N) is 6. The molecule has 7 rings (SSSR count). The number of carbonyl (C=O) groups excluding carboxylic acids is 2. The van der Waals surface area contributed by atoms with E-state index in [1.54, 1.807) is 19.5 Å². The molecule has 1 atom stereocenters. The topological polar surface area (TPSA) is 117 Å². The highest BCUT2D eigenvalue weighted by molar-refractivity contribution is 5.95. The molecule has 0 bridgehead atoms. The minimum Gasteiger partial charge on any atom is -0.384 e. The molecule has 1 N–H and O–H groups in total. The molecule has 10 nitrogen and oxygen atoms in total. The third-order valence-corrected chi connectivity index (χ3v) is 10.0. The Labute approximate surface area is 292 Å². The smallest absolute Gasteiger partial charge is 0.237 e. The van der Waals surface area contributed by atoms with Crippen molar-refractivity contribution in [2.45, 2.75) is 39.0 Å². The normalized spacial score (nSPS) is 18.0. The van der Waals surface area contributed by atoms with Crippen LogP contribution in [-0.2, 0) is 27.2 Å². The van der Waals surface area contributed by atoms with Gasteiger partial charge in [0.25, 0.3) is 0 Å². The maximum atomic E-state index is 14.0. The number of fused-ring (bicyclic) bond motifs is 1. The van der Waals surface area contributed by atoms with Gasteiger partial charge in [0.1, 0.15) is 11.5 Å². The van der Waals surface area contributed by atoms with Gasteiger partial charge in [0.15, 0.2) is 5.82 Å². The largest absolute Gasteiger partial charge is 0.384 e. The van der Waals surface area contributed by atoms with Crippen molar-refractivity contribution in [1.82, 2.24) is 34.9 Å². The average Bonchev–Trinajstić information content (AvgIpc) is 3.77. The van der Waals surface area contributed by atoms with Gasteiger partial charge in [-0.25, -0.2) is 9.97 Å². The van der Waals surface area contributed by atoms with Crippen LogP contribution < -0.4 is 0 Å². The van der Waals surface area contributed by atoms with Crippen molar-refractivity contribution in [3.05, 3.63) is 102 Å². The van der Waals surface area contributed by atoms with E-state index in [2.05, 4.69) is 67.3 Å². The lowest BCUT2D eigenvalue weighted by molar-refractivity contribution is -0.134. The molecule has 10 heteroatoms. The summed E-state index contributed by atoms with van der Waals surface area (Å²) in [6.45, 7) is 5.20. The Morgan fingerprint density at radius 2 is 1.76 bits per heavy atom. The minimum absolute atomic E-state index is 0.0914. The molecule has 5 heterocycles. The van der Waals surface area contributed by atoms with Gasteiger partial charge in [-0.1, -0.05) is 49.8 Å². The molecule has 0 aliphatic carbocycles. The van der Waals surface area contributed by atoms with Gasteiger partial charge in [0, 0.05) is 74.0 Å². The predicted octanol–water partition coefficient (Wildman–Crippen LogP) is 5.80. The van der Waals surface area contributed by atoms with E-state index in [9.17, 15) is 9.59 Å². The number of Topliss-reactive ketones (excluding diaryl/α,β-unsaturated/α-hetero) is 1. The third kappa shape index (κ3) is 7.13. The number of aromatic nitrogens is 5. The number of methoxy groups -OCH3 is 1. The molecule has 0 spiro atoms. The second-order valence-electron chi connectivity index (χ2n) is 13.5. The van der Waals surface area contributed by atoms with Gasteiger partial charge in [-0.3, -0.25) is 24.6 Å². The Morgan fingerprint density at radius 1 is 0.940 bits per heavy atom. The fourth-order valence-electron chi connectivity index (χ4n) is 7.31. The fourth-order valence-corrected chi connectivity index (χ4v) is 7.31. The summed E-state index contributed by atoms with van der Waals surface area (Å²) in [5, 5.41) is 8.74. The summed E-state index contributed by atoms with van der Waals surface area (Å²) >= 11 is 0. The van der Waals surface area contributed by atoms with Crippen molar-refractivity contribution in [2.75, 3.05) is 46.4 Å². The van der Waals surface area contributed by atoms with Crippen LogP contribution in [0.15, 0.2) is 85.3 Å². The summed E-state index contributed by atoms with van der Waals surface area (Å²) in [4.78, 5) is 44.7. The average molecular weight is 670 g/mol. The molecule has 2 aliphatic heterocycles. The molecule has 2 aromatic carbocycles. The number of H-pyrrole nitrogens is 1. The number of aromatic amines is 1.